The molecule has 6 aromatic carbocycles. The molecule has 0 saturated heterocycles. The Kier molecular flexibility index (Phi) is 15.1. The van der Waals surface area contributed by atoms with E-state index in [1.165, 1.54) is 0 Å². The van der Waals surface area contributed by atoms with Crippen molar-refractivity contribution in [1.29, 1.82) is 0 Å². The summed E-state index contributed by atoms with van der Waals surface area (Å²) in [7, 11) is -9.55. The summed E-state index contributed by atoms with van der Waals surface area (Å²) < 4.78 is 430. The molecule has 0 unspecified atom stereocenters. The van der Waals surface area contributed by atoms with Crippen molar-refractivity contribution in [2.45, 2.75) is 24.7 Å². The van der Waals surface area contributed by atoms with Crippen LogP contribution in [0.4, 0.5) is 123 Å². The highest BCUT2D eigenvalue weighted by molar-refractivity contribution is 7.81. The number of rotatable bonds is 9. The van der Waals surface area contributed by atoms with E-state index in [-0.39, 0.29) is 12.1 Å². The predicted octanol–water partition coefficient (Wildman–Crippen LogP) is 13.2. The molecule has 0 aliphatic rings. The maximum Gasteiger partial charge on any atom is 0.422 e. The average Bonchev–Trinajstić information content (AvgIpc) is 3.28. The van der Waals surface area contributed by atoms with Crippen molar-refractivity contribution < 1.29 is 132 Å². The van der Waals surface area contributed by atoms with Crippen LogP contribution in [0.1, 0.15) is 22.3 Å². The highest BCUT2D eigenvalue weighted by atomic mass is 31.1. The van der Waals surface area contributed by atoms with Gasteiger partial charge in [0.05, 0.1) is 35.4 Å². The monoisotopic (exact) mass is 1140 g/mol. The molecule has 6 rings (SSSR count). The van der Waals surface area contributed by atoms with Crippen molar-refractivity contribution >= 4 is 47.7 Å². The second-order valence-corrected chi connectivity index (χ2v) is 18.4. The van der Waals surface area contributed by atoms with Crippen molar-refractivity contribution in [3.05, 3.63) is 152 Å². The summed E-state index contributed by atoms with van der Waals surface area (Å²) in [5.74, 6) is -59.0. The fourth-order valence-corrected chi connectivity index (χ4v) is 12.3. The van der Waals surface area contributed by atoms with Crippen molar-refractivity contribution in [3.8, 4) is 22.6 Å². The van der Waals surface area contributed by atoms with Gasteiger partial charge in [0.1, 0.15) is 33.8 Å². The molecule has 74 heavy (non-hydrogen) atoms. The van der Waals surface area contributed by atoms with Crippen molar-refractivity contribution in [2.75, 3.05) is 14.2 Å². The molecule has 0 radical (unpaired) electrons. The lowest BCUT2D eigenvalue weighted by Crippen LogP contribution is -2.36. The number of alkyl halides is 12. The summed E-state index contributed by atoms with van der Waals surface area (Å²) in [5.41, 5.74) is -17.4. The van der Waals surface area contributed by atoms with Gasteiger partial charge in [0.25, 0.3) is 0 Å². The van der Waals surface area contributed by atoms with E-state index in [0.29, 0.717) is 38.5 Å². The molecule has 32 heteroatoms. The molecule has 0 amide bonds. The van der Waals surface area contributed by atoms with Gasteiger partial charge in [-0.3, -0.25) is 0 Å². The quantitative estimate of drug-likeness (QED) is 0.0816. The second-order valence-electron chi connectivity index (χ2n) is 14.3. The Bertz CT molecular complexity index is 2790. The molecule has 0 aliphatic carbocycles. The lowest BCUT2D eigenvalue weighted by Gasteiger charge is -2.30. The summed E-state index contributed by atoms with van der Waals surface area (Å²) >= 11 is 0. The van der Waals surface area contributed by atoms with E-state index < -0.39 is 210 Å². The van der Waals surface area contributed by atoms with Gasteiger partial charge < -0.3 is 9.47 Å². The highest BCUT2D eigenvalue weighted by Crippen LogP contribution is 2.52. The van der Waals surface area contributed by atoms with E-state index in [9.17, 15) is 52.7 Å². The van der Waals surface area contributed by atoms with Crippen molar-refractivity contribution in [1.82, 2.24) is 0 Å². The number of hydrogen-bond acceptors (Lipinski definition) is 2. The van der Waals surface area contributed by atoms with Crippen LogP contribution in [0.2, 0.25) is 0 Å². The van der Waals surface area contributed by atoms with E-state index >= 15 is 70.2 Å². The van der Waals surface area contributed by atoms with E-state index in [4.69, 9.17) is 9.47 Å². The van der Waals surface area contributed by atoms with Crippen molar-refractivity contribution in [2.24, 2.45) is 0 Å². The molecule has 0 N–H and O–H groups in total. The maximum atomic E-state index is 16.3. The van der Waals surface area contributed by atoms with Crippen LogP contribution in [0.15, 0.2) is 36.4 Å². The fraction of sp³-hybridized carbons (Fsp3) is 0.143. The van der Waals surface area contributed by atoms with Gasteiger partial charge in [-0.05, 0) is 22.7 Å². The van der Waals surface area contributed by atoms with Crippen molar-refractivity contribution in [3.63, 3.8) is 0 Å². The van der Waals surface area contributed by atoms with Gasteiger partial charge in [-0.1, -0.05) is 24.3 Å². The van der Waals surface area contributed by atoms with Crippen LogP contribution in [0.5, 0.6) is 11.5 Å². The summed E-state index contributed by atoms with van der Waals surface area (Å²) in [6.45, 7) is 0. The zero-order valence-electron chi connectivity index (χ0n) is 34.8. The minimum Gasteiger partial charge on any atom is -0.496 e. The third kappa shape index (κ3) is 9.15. The van der Waals surface area contributed by atoms with Gasteiger partial charge in [-0.15, -0.1) is 0 Å². The van der Waals surface area contributed by atoms with Gasteiger partial charge in [-0.25, -0.2) is 70.2 Å². The minimum absolute atomic E-state index is 0.0675. The Morgan fingerprint density at radius 1 is 0.284 bits per heavy atom. The molecule has 0 bridgehead atoms. The lowest BCUT2D eigenvalue weighted by atomic mass is 10.0. The average molecular weight is 1140 g/mol. The molecule has 0 spiro atoms. The van der Waals surface area contributed by atoms with Gasteiger partial charge >= 0.3 is 24.7 Å². The summed E-state index contributed by atoms with van der Waals surface area (Å²) in [6.07, 6.45) is -26.0. The zero-order valence-corrected chi connectivity index (χ0v) is 36.5. The molecule has 0 aromatic heterocycles. The van der Waals surface area contributed by atoms with Gasteiger partial charge in [0, 0.05) is 27.0 Å². The summed E-state index contributed by atoms with van der Waals surface area (Å²) in [6, 6.07) is 1.79. The van der Waals surface area contributed by atoms with Gasteiger partial charge in [0.15, 0.2) is 93.1 Å². The molecule has 0 heterocycles. The smallest absolute Gasteiger partial charge is 0.422 e. The van der Waals surface area contributed by atoms with Gasteiger partial charge in [-0.2, -0.15) is 52.7 Å². The van der Waals surface area contributed by atoms with E-state index in [2.05, 4.69) is 0 Å². The largest absolute Gasteiger partial charge is 0.496 e. The first kappa shape index (κ1) is 57.1. The molecular weight excluding hydrogens is 1130 g/mol. The molecule has 0 fully saturated rings. The third-order valence-corrected chi connectivity index (χ3v) is 15.2. The first-order valence-electron chi connectivity index (χ1n) is 18.6. The number of methoxy groups -OCH3 is 2. The van der Waals surface area contributed by atoms with E-state index in [1.807, 2.05) is 0 Å². The molecule has 0 aliphatic heterocycles. The normalized spacial score (nSPS) is 12.7. The first-order valence-corrected chi connectivity index (χ1v) is 21.3. The Hall–Kier alpha value is -6.18. The summed E-state index contributed by atoms with van der Waals surface area (Å²) in [4.78, 5) is 0. The SMILES string of the molecule is COc1cccc(P(c2c(F)c(F)c(C(F)(F)F)c(F)c2F)c2c(F)c(F)c(C(F)(F)F)c(F)c2F)c1-c1c(OC)cccc1P(c1c(F)c(F)c(C(F)(F)F)c(F)c1F)c1c(F)c(F)c(C(F)(F)F)c(F)c1F. The number of halogens is 28. The van der Waals surface area contributed by atoms with E-state index in [1.54, 1.807) is 0 Å². The van der Waals surface area contributed by atoms with E-state index in [0.717, 1.165) is 0 Å². The Morgan fingerprint density at radius 2 is 0.459 bits per heavy atom. The highest BCUT2D eigenvalue weighted by Gasteiger charge is 2.51. The fourth-order valence-electron chi connectivity index (χ4n) is 7.22. The molecule has 2 nitrogen and oxygen atoms in total. The standard InChI is InChI=1S/C42H12F28O2P2/c1-71-9-5-3-7-11(73(35-27(51)19(43)15(39(59,60)61)20(44)28(35)52)36-29(53)21(45)16(40(62,63)64)22(46)30(36)54)13(9)14-10(72-2)6-4-8-12(14)74(37-31(55)23(47)17(41(65,66)67)24(48)32(37)56)38-33(57)25(49)18(42(68,69)70)26(50)34(38)58/h3-8H,1-2H3. The molecule has 398 valence electrons. The molecular formula is C42H12F28O2P2. The number of hydrogen-bond donors (Lipinski definition) is 0. The van der Waals surface area contributed by atoms with Crippen LogP contribution in [0, 0.1) is 93.1 Å². The minimum atomic E-state index is -6.49. The van der Waals surface area contributed by atoms with Crippen LogP contribution in [0.25, 0.3) is 11.1 Å². The van der Waals surface area contributed by atoms with Gasteiger partial charge in [0.2, 0.25) is 0 Å². The van der Waals surface area contributed by atoms with Crippen LogP contribution in [-0.2, 0) is 24.7 Å². The Labute approximate surface area is 393 Å². The van der Waals surface area contributed by atoms with Crippen LogP contribution >= 0.6 is 15.8 Å². The zero-order chi connectivity index (χ0) is 56.1. The molecule has 6 aromatic rings. The molecule has 0 atom stereocenters. The second kappa shape index (κ2) is 19.5. The van der Waals surface area contributed by atoms with Crippen LogP contribution in [-0.4, -0.2) is 14.2 Å². The lowest BCUT2D eigenvalue weighted by molar-refractivity contribution is -0.144. The number of benzene rings is 6. The first-order chi connectivity index (χ1) is 33.9. The topological polar surface area (TPSA) is 18.5 Å². The Balaban J connectivity index is 1.97. The maximum absolute atomic E-state index is 16.3. The predicted molar refractivity (Wildman–Crippen MR) is 202 cm³/mol. The van der Waals surface area contributed by atoms with Crippen LogP contribution < -0.4 is 41.3 Å². The molecule has 0 saturated carbocycles. The summed E-state index contributed by atoms with van der Waals surface area (Å²) in [5, 5.41) is -15.2. The van der Waals surface area contributed by atoms with Crippen LogP contribution in [0.3, 0.4) is 0 Å². The Morgan fingerprint density at radius 3 is 0.608 bits per heavy atom. The number of ether oxygens (including phenoxy) is 2. The third-order valence-electron chi connectivity index (χ3n) is 10.2.